The highest BCUT2D eigenvalue weighted by molar-refractivity contribution is 5.38. The molecule has 1 aromatic heterocycles. The number of aryl methyl sites for hydroxylation is 1. The molecule has 0 amide bonds. The van der Waals surface area contributed by atoms with E-state index in [0.29, 0.717) is 12.3 Å². The molecular formula is C15H17N3O. The third kappa shape index (κ3) is 2.74. The highest BCUT2D eigenvalue weighted by atomic mass is 16.3. The summed E-state index contributed by atoms with van der Waals surface area (Å²) in [5, 5.41) is 21.1. The predicted octanol–water partition coefficient (Wildman–Crippen LogP) is 2.35. The molecule has 19 heavy (non-hydrogen) atoms. The summed E-state index contributed by atoms with van der Waals surface area (Å²) in [4.78, 5) is 0. The zero-order valence-electron chi connectivity index (χ0n) is 10.7. The van der Waals surface area contributed by atoms with E-state index in [9.17, 15) is 5.11 Å². The van der Waals surface area contributed by atoms with Gasteiger partial charge in [0, 0.05) is 18.8 Å². The lowest BCUT2D eigenvalue weighted by Crippen LogP contribution is -2.25. The first-order valence-electron chi connectivity index (χ1n) is 6.65. The minimum absolute atomic E-state index is 0.290. The lowest BCUT2D eigenvalue weighted by molar-refractivity contribution is 0.443. The standard InChI is InChI=1S/C15H17N3O/c19-13-7-6-11-3-1-5-15(14(11)9-13)16-10-12-4-2-8-17-18-12/h2,4,6-9,15-16,19H,1,3,5,10H2. The van der Waals surface area contributed by atoms with Crippen LogP contribution < -0.4 is 5.32 Å². The Kier molecular flexibility index (Phi) is 3.42. The Morgan fingerprint density at radius 1 is 1.32 bits per heavy atom. The molecule has 1 heterocycles. The molecule has 4 heteroatoms. The number of hydrogen-bond donors (Lipinski definition) is 2. The molecule has 3 rings (SSSR count). The monoisotopic (exact) mass is 255 g/mol. The van der Waals surface area contributed by atoms with E-state index >= 15 is 0 Å². The summed E-state index contributed by atoms with van der Waals surface area (Å²) >= 11 is 0. The molecule has 0 fully saturated rings. The highest BCUT2D eigenvalue weighted by Gasteiger charge is 2.20. The Labute approximate surface area is 112 Å². The van der Waals surface area contributed by atoms with Crippen molar-refractivity contribution >= 4 is 0 Å². The van der Waals surface area contributed by atoms with Crippen LogP contribution in [0.3, 0.4) is 0 Å². The van der Waals surface area contributed by atoms with Gasteiger partial charge in [0.1, 0.15) is 5.75 Å². The first-order valence-corrected chi connectivity index (χ1v) is 6.65. The van der Waals surface area contributed by atoms with Crippen molar-refractivity contribution in [3.05, 3.63) is 53.3 Å². The van der Waals surface area contributed by atoms with Gasteiger partial charge in [0.15, 0.2) is 0 Å². The van der Waals surface area contributed by atoms with Crippen molar-refractivity contribution in [3.8, 4) is 5.75 Å². The zero-order valence-corrected chi connectivity index (χ0v) is 10.7. The van der Waals surface area contributed by atoms with Crippen LogP contribution in [0.25, 0.3) is 0 Å². The van der Waals surface area contributed by atoms with Gasteiger partial charge in [0.2, 0.25) is 0 Å². The highest BCUT2D eigenvalue weighted by Crippen LogP contribution is 2.32. The summed E-state index contributed by atoms with van der Waals surface area (Å²) in [6.45, 7) is 0.702. The van der Waals surface area contributed by atoms with Crippen molar-refractivity contribution in [2.45, 2.75) is 31.8 Å². The lowest BCUT2D eigenvalue weighted by atomic mass is 9.87. The molecule has 0 spiro atoms. The van der Waals surface area contributed by atoms with Crippen LogP contribution in [0, 0.1) is 0 Å². The largest absolute Gasteiger partial charge is 0.508 e. The van der Waals surface area contributed by atoms with Crippen LogP contribution in [0.15, 0.2) is 36.5 Å². The Balaban J connectivity index is 1.75. The van der Waals surface area contributed by atoms with E-state index in [0.717, 1.165) is 18.5 Å². The fraction of sp³-hybridized carbons (Fsp3) is 0.333. The molecule has 0 bridgehead atoms. The van der Waals surface area contributed by atoms with Gasteiger partial charge in [0.25, 0.3) is 0 Å². The Morgan fingerprint density at radius 2 is 2.26 bits per heavy atom. The molecular weight excluding hydrogens is 238 g/mol. The molecule has 1 aliphatic rings. The predicted molar refractivity (Wildman–Crippen MR) is 72.7 cm³/mol. The quantitative estimate of drug-likeness (QED) is 0.884. The Morgan fingerprint density at radius 3 is 3.11 bits per heavy atom. The summed E-state index contributed by atoms with van der Waals surface area (Å²) < 4.78 is 0. The number of nitrogens with one attached hydrogen (secondary N) is 1. The fourth-order valence-electron chi connectivity index (χ4n) is 2.65. The van der Waals surface area contributed by atoms with E-state index in [1.165, 1.54) is 17.5 Å². The van der Waals surface area contributed by atoms with Crippen LogP contribution >= 0.6 is 0 Å². The topological polar surface area (TPSA) is 58.0 Å². The van der Waals surface area contributed by atoms with E-state index in [1.54, 1.807) is 12.3 Å². The Bertz CT molecular complexity index is 557. The van der Waals surface area contributed by atoms with Crippen molar-refractivity contribution in [1.29, 1.82) is 0 Å². The average molecular weight is 255 g/mol. The summed E-state index contributed by atoms with van der Waals surface area (Å²) in [6, 6.07) is 9.82. The van der Waals surface area contributed by atoms with Crippen molar-refractivity contribution in [1.82, 2.24) is 15.5 Å². The smallest absolute Gasteiger partial charge is 0.115 e. The molecule has 0 radical (unpaired) electrons. The molecule has 0 saturated carbocycles. The summed E-state index contributed by atoms with van der Waals surface area (Å²) in [5.74, 6) is 0.340. The number of aromatic hydroxyl groups is 1. The minimum Gasteiger partial charge on any atom is -0.508 e. The molecule has 1 aliphatic carbocycles. The van der Waals surface area contributed by atoms with Crippen LogP contribution in [0.5, 0.6) is 5.75 Å². The second-order valence-corrected chi connectivity index (χ2v) is 4.92. The first kappa shape index (κ1) is 12.1. The van der Waals surface area contributed by atoms with Crippen molar-refractivity contribution in [3.63, 3.8) is 0 Å². The molecule has 0 aliphatic heterocycles. The first-order chi connectivity index (χ1) is 9.33. The third-order valence-corrected chi connectivity index (χ3v) is 3.60. The van der Waals surface area contributed by atoms with E-state index in [-0.39, 0.29) is 6.04 Å². The van der Waals surface area contributed by atoms with Gasteiger partial charge in [-0.1, -0.05) is 6.07 Å². The van der Waals surface area contributed by atoms with Gasteiger partial charge in [-0.05, 0) is 54.7 Å². The van der Waals surface area contributed by atoms with E-state index in [1.807, 2.05) is 24.3 Å². The summed E-state index contributed by atoms with van der Waals surface area (Å²) in [7, 11) is 0. The molecule has 1 aromatic carbocycles. The zero-order chi connectivity index (χ0) is 13.1. The maximum Gasteiger partial charge on any atom is 0.115 e. The van der Waals surface area contributed by atoms with Gasteiger partial charge >= 0.3 is 0 Å². The molecule has 98 valence electrons. The van der Waals surface area contributed by atoms with E-state index in [2.05, 4.69) is 15.5 Å². The van der Waals surface area contributed by atoms with Gasteiger partial charge in [0.05, 0.1) is 5.69 Å². The van der Waals surface area contributed by atoms with Crippen LogP contribution in [0.4, 0.5) is 0 Å². The number of rotatable bonds is 3. The maximum absolute atomic E-state index is 9.64. The number of fused-ring (bicyclic) bond motifs is 1. The van der Waals surface area contributed by atoms with E-state index in [4.69, 9.17) is 0 Å². The van der Waals surface area contributed by atoms with Crippen LogP contribution in [-0.2, 0) is 13.0 Å². The lowest BCUT2D eigenvalue weighted by Gasteiger charge is -2.26. The van der Waals surface area contributed by atoms with Crippen LogP contribution in [0.2, 0.25) is 0 Å². The van der Waals surface area contributed by atoms with Crippen molar-refractivity contribution in [2.24, 2.45) is 0 Å². The number of benzene rings is 1. The third-order valence-electron chi connectivity index (χ3n) is 3.60. The SMILES string of the molecule is Oc1ccc2c(c1)C(NCc1cccnn1)CCC2. The van der Waals surface area contributed by atoms with Crippen LogP contribution in [-0.4, -0.2) is 15.3 Å². The summed E-state index contributed by atoms with van der Waals surface area (Å²) in [6.07, 6.45) is 5.04. The number of phenols is 1. The molecule has 2 N–H and O–H groups in total. The second-order valence-electron chi connectivity index (χ2n) is 4.92. The van der Waals surface area contributed by atoms with Gasteiger partial charge in [-0.2, -0.15) is 10.2 Å². The average Bonchev–Trinajstić information content (AvgIpc) is 2.46. The Hall–Kier alpha value is -1.94. The fourth-order valence-corrected chi connectivity index (χ4v) is 2.65. The number of nitrogens with zero attached hydrogens (tertiary/aromatic N) is 2. The second kappa shape index (κ2) is 5.36. The number of hydrogen-bond acceptors (Lipinski definition) is 4. The molecule has 1 atom stereocenters. The normalized spacial score (nSPS) is 18.0. The van der Waals surface area contributed by atoms with Crippen molar-refractivity contribution in [2.75, 3.05) is 0 Å². The number of phenolic OH excluding ortho intramolecular Hbond substituents is 1. The van der Waals surface area contributed by atoms with Gasteiger partial charge in [-0.15, -0.1) is 0 Å². The molecule has 1 unspecified atom stereocenters. The summed E-state index contributed by atoms with van der Waals surface area (Å²) in [5.41, 5.74) is 3.49. The van der Waals surface area contributed by atoms with Gasteiger partial charge < -0.3 is 10.4 Å². The van der Waals surface area contributed by atoms with Gasteiger partial charge in [-0.3, -0.25) is 0 Å². The van der Waals surface area contributed by atoms with E-state index < -0.39 is 0 Å². The number of aromatic nitrogens is 2. The van der Waals surface area contributed by atoms with Crippen molar-refractivity contribution < 1.29 is 5.11 Å². The molecule has 2 aromatic rings. The maximum atomic E-state index is 9.64. The molecule has 0 saturated heterocycles. The minimum atomic E-state index is 0.290. The molecule has 4 nitrogen and oxygen atoms in total. The van der Waals surface area contributed by atoms with Crippen LogP contribution in [0.1, 0.15) is 35.7 Å². The van der Waals surface area contributed by atoms with Gasteiger partial charge in [-0.25, -0.2) is 0 Å².